The summed E-state index contributed by atoms with van der Waals surface area (Å²) in [5, 5.41) is 7.15. The van der Waals surface area contributed by atoms with Gasteiger partial charge >= 0.3 is 0 Å². The summed E-state index contributed by atoms with van der Waals surface area (Å²) in [6.07, 6.45) is 6.89. The summed E-state index contributed by atoms with van der Waals surface area (Å²) in [4.78, 5) is 14.5. The molecule has 1 saturated heterocycles. The Bertz CT molecular complexity index is 501. The van der Waals surface area contributed by atoms with Gasteiger partial charge in [0.15, 0.2) is 5.82 Å². The first-order valence-corrected chi connectivity index (χ1v) is 6.01. The van der Waals surface area contributed by atoms with E-state index in [1.807, 2.05) is 0 Å². The highest BCUT2D eigenvalue weighted by Gasteiger charge is 2.19. The Morgan fingerprint density at radius 3 is 2.67 bits per heavy atom. The third-order valence-corrected chi connectivity index (χ3v) is 3.13. The Kier molecular flexibility index (Phi) is 2.89. The number of anilines is 1. The van der Waals surface area contributed by atoms with Crippen LogP contribution >= 0.6 is 0 Å². The molecule has 1 aliphatic heterocycles. The van der Waals surface area contributed by atoms with Gasteiger partial charge in [0.25, 0.3) is 0 Å². The van der Waals surface area contributed by atoms with Crippen molar-refractivity contribution in [1.29, 1.82) is 0 Å². The van der Waals surface area contributed by atoms with Crippen LogP contribution in [0.4, 0.5) is 5.95 Å². The van der Waals surface area contributed by atoms with Crippen molar-refractivity contribution in [2.45, 2.75) is 18.9 Å². The highest BCUT2D eigenvalue weighted by Crippen LogP contribution is 2.18. The highest BCUT2D eigenvalue weighted by atomic mass is 15.4. The second-order valence-corrected chi connectivity index (χ2v) is 4.44. The van der Waals surface area contributed by atoms with E-state index in [1.54, 1.807) is 12.4 Å². The summed E-state index contributed by atoms with van der Waals surface area (Å²) in [5.74, 6) is 1.42. The van der Waals surface area contributed by atoms with Gasteiger partial charge in [0.2, 0.25) is 5.95 Å². The highest BCUT2D eigenvalue weighted by molar-refractivity contribution is 5.53. The lowest BCUT2D eigenvalue weighted by molar-refractivity contribution is 0.496. The molecule has 18 heavy (non-hydrogen) atoms. The summed E-state index contributed by atoms with van der Waals surface area (Å²) < 4.78 is 0. The molecule has 3 N–H and O–H groups in total. The van der Waals surface area contributed by atoms with Crippen LogP contribution in [0, 0.1) is 0 Å². The Balaban J connectivity index is 1.78. The van der Waals surface area contributed by atoms with Crippen molar-refractivity contribution in [2.75, 3.05) is 18.0 Å². The zero-order valence-electron chi connectivity index (χ0n) is 9.95. The minimum atomic E-state index is 0.308. The van der Waals surface area contributed by atoms with Crippen LogP contribution < -0.4 is 10.6 Å². The Labute approximate surface area is 104 Å². The number of piperidine rings is 1. The van der Waals surface area contributed by atoms with Gasteiger partial charge in [-0.1, -0.05) is 0 Å². The maximum Gasteiger partial charge on any atom is 0.245 e. The SMILES string of the molecule is NC1CCN(c2n[nH]c(-c3cncnc3)n2)CC1. The summed E-state index contributed by atoms with van der Waals surface area (Å²) >= 11 is 0. The molecular weight excluding hydrogens is 230 g/mol. The maximum atomic E-state index is 5.88. The van der Waals surface area contributed by atoms with Crippen molar-refractivity contribution < 1.29 is 0 Å². The predicted octanol–water partition coefficient (Wildman–Crippen LogP) is 0.189. The Morgan fingerprint density at radius 1 is 1.22 bits per heavy atom. The van der Waals surface area contributed by atoms with Gasteiger partial charge in [-0.2, -0.15) is 4.98 Å². The van der Waals surface area contributed by atoms with E-state index in [9.17, 15) is 0 Å². The lowest BCUT2D eigenvalue weighted by Crippen LogP contribution is -2.40. The van der Waals surface area contributed by atoms with E-state index < -0.39 is 0 Å². The van der Waals surface area contributed by atoms with Crippen molar-refractivity contribution in [1.82, 2.24) is 25.1 Å². The number of nitrogens with zero attached hydrogens (tertiary/aromatic N) is 5. The molecule has 3 heterocycles. The number of hydrogen-bond acceptors (Lipinski definition) is 6. The third-order valence-electron chi connectivity index (χ3n) is 3.13. The number of nitrogens with two attached hydrogens (primary N) is 1. The molecule has 0 amide bonds. The van der Waals surface area contributed by atoms with Crippen molar-refractivity contribution in [3.8, 4) is 11.4 Å². The molecule has 0 radical (unpaired) electrons. The normalized spacial score (nSPS) is 17.1. The average molecular weight is 245 g/mol. The van der Waals surface area contributed by atoms with Crippen molar-refractivity contribution in [3.63, 3.8) is 0 Å². The number of nitrogens with one attached hydrogen (secondary N) is 1. The topological polar surface area (TPSA) is 96.6 Å². The van der Waals surface area contributed by atoms with Crippen LogP contribution in [0.3, 0.4) is 0 Å². The van der Waals surface area contributed by atoms with Gasteiger partial charge in [0.1, 0.15) is 6.33 Å². The van der Waals surface area contributed by atoms with Crippen LogP contribution in [0.25, 0.3) is 11.4 Å². The maximum absolute atomic E-state index is 5.88. The summed E-state index contributed by atoms with van der Waals surface area (Å²) in [5.41, 5.74) is 6.72. The van der Waals surface area contributed by atoms with Crippen LogP contribution in [0.15, 0.2) is 18.7 Å². The third kappa shape index (κ3) is 2.17. The number of hydrogen-bond donors (Lipinski definition) is 2. The number of rotatable bonds is 2. The van der Waals surface area contributed by atoms with Crippen molar-refractivity contribution >= 4 is 5.95 Å². The molecule has 94 valence electrons. The van der Waals surface area contributed by atoms with Crippen LogP contribution in [0.5, 0.6) is 0 Å². The van der Waals surface area contributed by atoms with E-state index in [2.05, 4.69) is 30.0 Å². The van der Waals surface area contributed by atoms with Gasteiger partial charge in [-0.25, -0.2) is 9.97 Å². The van der Waals surface area contributed by atoms with Gasteiger partial charge in [0, 0.05) is 31.5 Å². The van der Waals surface area contributed by atoms with Crippen LogP contribution in [-0.4, -0.2) is 44.3 Å². The molecule has 3 rings (SSSR count). The van der Waals surface area contributed by atoms with Gasteiger partial charge < -0.3 is 10.6 Å². The molecule has 0 bridgehead atoms. The minimum Gasteiger partial charge on any atom is -0.339 e. The van der Waals surface area contributed by atoms with Crippen LogP contribution in [-0.2, 0) is 0 Å². The Morgan fingerprint density at radius 2 is 1.94 bits per heavy atom. The molecule has 2 aromatic rings. The molecular formula is C11H15N7. The van der Waals surface area contributed by atoms with Gasteiger partial charge in [-0.05, 0) is 12.8 Å². The number of aromatic amines is 1. The van der Waals surface area contributed by atoms with Crippen LogP contribution in [0.2, 0.25) is 0 Å². The molecule has 2 aromatic heterocycles. The van der Waals surface area contributed by atoms with Gasteiger partial charge in [0.05, 0.1) is 5.56 Å². The first-order valence-electron chi connectivity index (χ1n) is 6.01. The average Bonchev–Trinajstić information content (AvgIpc) is 2.90. The molecule has 0 aliphatic carbocycles. The fraction of sp³-hybridized carbons (Fsp3) is 0.455. The van der Waals surface area contributed by atoms with Gasteiger partial charge in [-0.3, -0.25) is 5.10 Å². The quantitative estimate of drug-likeness (QED) is 0.784. The molecule has 7 nitrogen and oxygen atoms in total. The lowest BCUT2D eigenvalue weighted by atomic mass is 10.1. The summed E-state index contributed by atoms with van der Waals surface area (Å²) in [7, 11) is 0. The van der Waals surface area contributed by atoms with Gasteiger partial charge in [-0.15, -0.1) is 5.10 Å². The monoisotopic (exact) mass is 245 g/mol. The minimum absolute atomic E-state index is 0.308. The molecule has 0 aromatic carbocycles. The van der Waals surface area contributed by atoms with Crippen LogP contribution in [0.1, 0.15) is 12.8 Å². The standard InChI is InChI=1S/C11H15N7/c12-9-1-3-18(4-2-9)11-15-10(16-17-11)8-5-13-7-14-6-8/h5-7,9H,1-4,12H2,(H,15,16,17). The first kappa shape index (κ1) is 11.1. The van der Waals surface area contributed by atoms with Crippen molar-refractivity contribution in [2.24, 2.45) is 5.73 Å². The summed E-state index contributed by atoms with van der Waals surface area (Å²) in [6.45, 7) is 1.81. The molecule has 7 heteroatoms. The first-order chi connectivity index (χ1) is 8.83. The molecule has 0 saturated carbocycles. The molecule has 1 aliphatic rings. The fourth-order valence-electron chi connectivity index (χ4n) is 2.04. The predicted molar refractivity (Wildman–Crippen MR) is 66.8 cm³/mol. The zero-order valence-corrected chi connectivity index (χ0v) is 9.95. The van der Waals surface area contributed by atoms with E-state index in [4.69, 9.17) is 5.73 Å². The summed E-state index contributed by atoms with van der Waals surface area (Å²) in [6, 6.07) is 0.308. The smallest absolute Gasteiger partial charge is 0.245 e. The molecule has 0 unspecified atom stereocenters. The van der Waals surface area contributed by atoms with E-state index in [0.29, 0.717) is 11.9 Å². The fourth-order valence-corrected chi connectivity index (χ4v) is 2.04. The van der Waals surface area contributed by atoms with E-state index >= 15 is 0 Å². The zero-order chi connectivity index (χ0) is 12.4. The lowest BCUT2D eigenvalue weighted by Gasteiger charge is -2.28. The van der Waals surface area contributed by atoms with E-state index in [1.165, 1.54) is 6.33 Å². The molecule has 0 atom stereocenters. The van der Waals surface area contributed by atoms with E-state index in [0.717, 1.165) is 37.4 Å². The number of H-pyrrole nitrogens is 1. The molecule has 1 fully saturated rings. The van der Waals surface area contributed by atoms with E-state index in [-0.39, 0.29) is 0 Å². The second kappa shape index (κ2) is 4.69. The number of aromatic nitrogens is 5. The van der Waals surface area contributed by atoms with Crippen molar-refractivity contribution in [3.05, 3.63) is 18.7 Å². The second-order valence-electron chi connectivity index (χ2n) is 4.44. The largest absolute Gasteiger partial charge is 0.339 e. The molecule has 0 spiro atoms. The Hall–Kier alpha value is -2.02.